The van der Waals surface area contributed by atoms with Crippen LogP contribution in [0.5, 0.6) is 0 Å². The Labute approximate surface area is 202 Å². The van der Waals surface area contributed by atoms with Gasteiger partial charge in [-0.2, -0.15) is 10.2 Å². The van der Waals surface area contributed by atoms with E-state index in [9.17, 15) is 0 Å². The van der Waals surface area contributed by atoms with Crippen molar-refractivity contribution in [2.24, 2.45) is 0 Å². The van der Waals surface area contributed by atoms with E-state index in [1.807, 2.05) is 36.4 Å². The van der Waals surface area contributed by atoms with Gasteiger partial charge < -0.3 is 5.73 Å². The summed E-state index contributed by atoms with van der Waals surface area (Å²) in [5.41, 5.74) is 11.4. The molecule has 0 aliphatic heterocycles. The van der Waals surface area contributed by atoms with Gasteiger partial charge in [0.25, 0.3) is 0 Å². The predicted molar refractivity (Wildman–Crippen MR) is 131 cm³/mol. The first-order valence-corrected chi connectivity index (χ1v) is 11.0. The molecule has 0 aliphatic carbocycles. The summed E-state index contributed by atoms with van der Waals surface area (Å²) in [7, 11) is 0. The van der Waals surface area contributed by atoms with Crippen molar-refractivity contribution < 1.29 is 0 Å². The molecular weight excluding hydrogens is 473 g/mol. The van der Waals surface area contributed by atoms with Crippen LogP contribution in [0.4, 0.5) is 5.82 Å². The van der Waals surface area contributed by atoms with Gasteiger partial charge in [0.15, 0.2) is 5.65 Å². The lowest BCUT2D eigenvalue weighted by molar-refractivity contribution is 0.692. The van der Waals surface area contributed by atoms with Crippen LogP contribution in [-0.2, 0) is 6.54 Å². The number of benzene rings is 2. The summed E-state index contributed by atoms with van der Waals surface area (Å²) in [5.74, 6) is 0.325. The third-order valence-corrected chi connectivity index (χ3v) is 6.11. The number of anilines is 1. The standard InChI is InChI=1S/C23H15Cl2N9/c24-14-5-2-1-4-13(14)20-17(32-21-15(25)6-3-7-16(21)31-20)10-34-23-18(22(26)27-11-28-23)19(33-34)12-8-29-30-9-12/h1-9,11H,10H2,(H,29,30)(H2,26,27,28). The molecule has 0 atom stereocenters. The molecule has 0 fully saturated rings. The topological polar surface area (TPSA) is 124 Å². The fourth-order valence-electron chi connectivity index (χ4n) is 3.92. The summed E-state index contributed by atoms with van der Waals surface area (Å²) in [6, 6.07) is 13.0. The van der Waals surface area contributed by atoms with E-state index < -0.39 is 0 Å². The second-order valence-electron chi connectivity index (χ2n) is 7.56. The van der Waals surface area contributed by atoms with E-state index in [1.54, 1.807) is 23.1 Å². The van der Waals surface area contributed by atoms with E-state index in [2.05, 4.69) is 20.2 Å². The van der Waals surface area contributed by atoms with Crippen LogP contribution in [0, 0.1) is 0 Å². The van der Waals surface area contributed by atoms with Gasteiger partial charge in [-0.15, -0.1) is 0 Å². The number of para-hydroxylation sites is 1. The molecule has 2 aromatic carbocycles. The Morgan fingerprint density at radius 1 is 0.941 bits per heavy atom. The normalized spacial score (nSPS) is 11.5. The van der Waals surface area contributed by atoms with Crippen LogP contribution in [0.1, 0.15) is 5.69 Å². The Morgan fingerprint density at radius 3 is 2.62 bits per heavy atom. The molecule has 4 aromatic heterocycles. The highest BCUT2D eigenvalue weighted by molar-refractivity contribution is 6.35. The summed E-state index contributed by atoms with van der Waals surface area (Å²) in [4.78, 5) is 18.3. The van der Waals surface area contributed by atoms with Crippen LogP contribution in [0.25, 0.3) is 44.6 Å². The van der Waals surface area contributed by atoms with Crippen molar-refractivity contribution in [3.05, 3.63) is 76.9 Å². The van der Waals surface area contributed by atoms with Crippen LogP contribution in [0.2, 0.25) is 10.0 Å². The molecule has 0 unspecified atom stereocenters. The quantitative estimate of drug-likeness (QED) is 0.367. The number of aromatic nitrogens is 8. The molecule has 3 N–H and O–H groups in total. The van der Waals surface area contributed by atoms with Crippen molar-refractivity contribution in [2.75, 3.05) is 5.73 Å². The van der Waals surface area contributed by atoms with Crippen LogP contribution in [0.3, 0.4) is 0 Å². The molecule has 0 aliphatic rings. The fraction of sp³-hybridized carbons (Fsp3) is 0.0435. The largest absolute Gasteiger partial charge is 0.383 e. The van der Waals surface area contributed by atoms with Gasteiger partial charge in [0, 0.05) is 17.3 Å². The molecule has 0 spiro atoms. The van der Waals surface area contributed by atoms with Crippen LogP contribution in [0.15, 0.2) is 61.2 Å². The number of nitrogen functional groups attached to an aromatic ring is 1. The highest BCUT2D eigenvalue weighted by Crippen LogP contribution is 2.33. The molecule has 0 saturated heterocycles. The fourth-order valence-corrected chi connectivity index (χ4v) is 4.36. The van der Waals surface area contributed by atoms with E-state index in [1.165, 1.54) is 6.33 Å². The molecule has 6 rings (SSSR count). The monoisotopic (exact) mass is 487 g/mol. The smallest absolute Gasteiger partial charge is 0.164 e. The van der Waals surface area contributed by atoms with Gasteiger partial charge in [0.1, 0.15) is 23.4 Å². The summed E-state index contributed by atoms with van der Waals surface area (Å²) < 4.78 is 1.72. The van der Waals surface area contributed by atoms with Gasteiger partial charge in [-0.25, -0.2) is 24.6 Å². The van der Waals surface area contributed by atoms with Crippen molar-refractivity contribution in [2.45, 2.75) is 6.54 Å². The molecule has 34 heavy (non-hydrogen) atoms. The zero-order valence-electron chi connectivity index (χ0n) is 17.4. The first-order chi connectivity index (χ1) is 16.6. The molecule has 0 radical (unpaired) electrons. The maximum absolute atomic E-state index is 6.54. The lowest BCUT2D eigenvalue weighted by Gasteiger charge is -2.12. The van der Waals surface area contributed by atoms with Crippen molar-refractivity contribution >= 4 is 51.1 Å². The van der Waals surface area contributed by atoms with Crippen LogP contribution < -0.4 is 5.73 Å². The van der Waals surface area contributed by atoms with E-state index in [4.69, 9.17) is 44.0 Å². The summed E-state index contributed by atoms with van der Waals surface area (Å²) in [6.07, 6.45) is 4.82. The molecule has 0 bridgehead atoms. The maximum Gasteiger partial charge on any atom is 0.164 e. The lowest BCUT2D eigenvalue weighted by Crippen LogP contribution is -2.08. The summed E-state index contributed by atoms with van der Waals surface area (Å²) in [5, 5.41) is 13.3. The molecule has 6 aromatic rings. The minimum Gasteiger partial charge on any atom is -0.383 e. The second-order valence-corrected chi connectivity index (χ2v) is 8.37. The number of hydrogen-bond donors (Lipinski definition) is 2. The van der Waals surface area contributed by atoms with Crippen LogP contribution in [-0.4, -0.2) is 39.9 Å². The zero-order valence-corrected chi connectivity index (χ0v) is 19.0. The average molecular weight is 488 g/mol. The minimum absolute atomic E-state index is 0.250. The van der Waals surface area contributed by atoms with E-state index in [0.717, 1.165) is 11.1 Å². The van der Waals surface area contributed by atoms with Crippen LogP contribution >= 0.6 is 23.2 Å². The van der Waals surface area contributed by atoms with Gasteiger partial charge >= 0.3 is 0 Å². The number of fused-ring (bicyclic) bond motifs is 2. The number of hydrogen-bond acceptors (Lipinski definition) is 7. The van der Waals surface area contributed by atoms with Crippen molar-refractivity contribution in [1.82, 2.24) is 39.9 Å². The number of nitrogens with one attached hydrogen (secondary N) is 1. The third-order valence-electron chi connectivity index (χ3n) is 5.48. The first kappa shape index (κ1) is 20.5. The van der Waals surface area contributed by atoms with Gasteiger partial charge in [0.2, 0.25) is 0 Å². The Morgan fingerprint density at radius 2 is 1.79 bits per heavy atom. The predicted octanol–water partition coefficient (Wildman–Crippen LogP) is 4.76. The van der Waals surface area contributed by atoms with E-state index in [-0.39, 0.29) is 6.54 Å². The Hall–Kier alpha value is -4.08. The molecular formula is C23H15Cl2N9. The summed E-state index contributed by atoms with van der Waals surface area (Å²) >= 11 is 13.0. The molecule has 9 nitrogen and oxygen atoms in total. The van der Waals surface area contributed by atoms with Gasteiger partial charge in [0.05, 0.1) is 45.1 Å². The molecule has 0 amide bonds. The van der Waals surface area contributed by atoms with E-state index >= 15 is 0 Å². The Bertz CT molecular complexity index is 1680. The number of H-pyrrole nitrogens is 1. The minimum atomic E-state index is 0.250. The van der Waals surface area contributed by atoms with Crippen molar-refractivity contribution in [1.29, 1.82) is 0 Å². The molecule has 166 valence electrons. The molecule has 0 saturated carbocycles. The maximum atomic E-state index is 6.54. The number of rotatable bonds is 4. The zero-order chi connectivity index (χ0) is 23.2. The third kappa shape index (κ3) is 3.33. The number of nitrogens with zero attached hydrogens (tertiary/aromatic N) is 7. The average Bonchev–Trinajstić information content (AvgIpc) is 3.49. The molecule has 4 heterocycles. The number of halogens is 2. The van der Waals surface area contributed by atoms with Gasteiger partial charge in [-0.05, 0) is 18.2 Å². The first-order valence-electron chi connectivity index (χ1n) is 10.3. The Balaban J connectivity index is 1.60. The Kier molecular flexibility index (Phi) is 4.86. The highest BCUT2D eigenvalue weighted by Gasteiger charge is 2.21. The summed E-state index contributed by atoms with van der Waals surface area (Å²) in [6.45, 7) is 0.250. The van der Waals surface area contributed by atoms with Gasteiger partial charge in [-0.3, -0.25) is 5.10 Å². The van der Waals surface area contributed by atoms with Crippen molar-refractivity contribution in [3.8, 4) is 22.5 Å². The second kappa shape index (κ2) is 8.05. The van der Waals surface area contributed by atoms with Gasteiger partial charge in [-0.1, -0.05) is 47.5 Å². The van der Waals surface area contributed by atoms with E-state index in [0.29, 0.717) is 55.0 Å². The molecule has 11 heteroatoms. The lowest BCUT2D eigenvalue weighted by atomic mass is 10.1. The highest BCUT2D eigenvalue weighted by atomic mass is 35.5. The number of nitrogens with two attached hydrogens (primary N) is 1. The van der Waals surface area contributed by atoms with Crippen molar-refractivity contribution in [3.63, 3.8) is 0 Å². The number of aromatic amines is 1. The SMILES string of the molecule is Nc1ncnc2c1c(-c1cn[nH]c1)nn2Cc1nc2c(Cl)cccc2nc1-c1ccccc1Cl.